The summed E-state index contributed by atoms with van der Waals surface area (Å²) in [6.07, 6.45) is 0.0660. The number of benzene rings is 1. The highest BCUT2D eigenvalue weighted by atomic mass is 32.2. The highest BCUT2D eigenvalue weighted by Gasteiger charge is 2.20. The van der Waals surface area contributed by atoms with Crippen molar-refractivity contribution in [3.8, 4) is 0 Å². The van der Waals surface area contributed by atoms with Crippen LogP contribution in [0.25, 0.3) is 0 Å². The highest BCUT2D eigenvalue weighted by Crippen LogP contribution is 2.21. The third-order valence-electron chi connectivity index (χ3n) is 4.01. The first-order chi connectivity index (χ1) is 12.1. The van der Waals surface area contributed by atoms with Crippen molar-refractivity contribution in [1.82, 2.24) is 14.8 Å². The summed E-state index contributed by atoms with van der Waals surface area (Å²) in [5, 5.41) is 3.84. The number of carbonyl (C=O) groups excluding carboxylic acids is 1. The van der Waals surface area contributed by atoms with Crippen LogP contribution in [0.3, 0.4) is 0 Å². The molecule has 7 nitrogen and oxygen atoms in total. The standard InChI is InChI=1S/C18H25N3O4S/c1-12-8-13(2)18(14(3)9-12)26(23,24)19-7-6-17(22)21(5)11-16-10-15(4)25-20-16/h8-10,19H,6-7,11H2,1-5H3. The Morgan fingerprint density at radius 3 is 2.31 bits per heavy atom. The number of nitrogens with one attached hydrogen (secondary N) is 1. The molecule has 2 rings (SSSR count). The fourth-order valence-electron chi connectivity index (χ4n) is 2.97. The molecule has 0 aliphatic carbocycles. The van der Waals surface area contributed by atoms with E-state index in [1.54, 1.807) is 33.9 Å². The van der Waals surface area contributed by atoms with E-state index >= 15 is 0 Å². The molecule has 0 spiro atoms. The van der Waals surface area contributed by atoms with Crippen molar-refractivity contribution in [2.75, 3.05) is 13.6 Å². The number of aromatic nitrogens is 1. The third-order valence-corrected chi connectivity index (χ3v) is 5.77. The minimum absolute atomic E-state index is 0.0378. The van der Waals surface area contributed by atoms with Crippen LogP contribution >= 0.6 is 0 Å². The first-order valence-corrected chi connectivity index (χ1v) is 9.82. The Bertz CT molecular complexity index is 880. The normalized spacial score (nSPS) is 11.6. The Morgan fingerprint density at radius 1 is 1.15 bits per heavy atom. The molecule has 0 unspecified atom stereocenters. The summed E-state index contributed by atoms with van der Waals surface area (Å²) in [4.78, 5) is 14.0. The molecule has 8 heteroatoms. The summed E-state index contributed by atoms with van der Waals surface area (Å²) < 4.78 is 32.6. The van der Waals surface area contributed by atoms with Gasteiger partial charge in [-0.3, -0.25) is 4.79 Å². The lowest BCUT2D eigenvalue weighted by atomic mass is 10.1. The number of aryl methyl sites for hydroxylation is 4. The van der Waals surface area contributed by atoms with Gasteiger partial charge in [0.1, 0.15) is 11.5 Å². The van der Waals surface area contributed by atoms with Crippen LogP contribution < -0.4 is 4.72 Å². The quantitative estimate of drug-likeness (QED) is 0.796. The van der Waals surface area contributed by atoms with Crippen molar-refractivity contribution in [2.45, 2.75) is 45.6 Å². The van der Waals surface area contributed by atoms with Crippen molar-refractivity contribution in [2.24, 2.45) is 0 Å². The molecule has 0 radical (unpaired) electrons. The lowest BCUT2D eigenvalue weighted by molar-refractivity contribution is -0.130. The van der Waals surface area contributed by atoms with Crippen LogP contribution in [0, 0.1) is 27.7 Å². The zero-order valence-corrected chi connectivity index (χ0v) is 16.6. The van der Waals surface area contributed by atoms with Crippen molar-refractivity contribution >= 4 is 15.9 Å². The molecule has 1 amide bonds. The van der Waals surface area contributed by atoms with Gasteiger partial charge in [-0.2, -0.15) is 0 Å². The monoisotopic (exact) mass is 379 g/mol. The SMILES string of the molecule is Cc1cc(C)c(S(=O)(=O)NCCC(=O)N(C)Cc2cc(C)on2)c(C)c1. The van der Waals surface area contributed by atoms with Crippen molar-refractivity contribution < 1.29 is 17.7 Å². The second-order valence-corrected chi connectivity index (χ2v) is 8.26. The molecule has 0 fully saturated rings. The minimum atomic E-state index is -3.66. The number of rotatable bonds is 7. The average molecular weight is 379 g/mol. The molecular formula is C18H25N3O4S. The Morgan fingerprint density at radius 2 is 1.77 bits per heavy atom. The number of amides is 1. The van der Waals surface area contributed by atoms with Gasteiger partial charge in [0.2, 0.25) is 15.9 Å². The zero-order valence-electron chi connectivity index (χ0n) is 15.8. The van der Waals surface area contributed by atoms with Crippen LogP contribution in [0.1, 0.15) is 34.6 Å². The number of nitrogens with zero attached hydrogens (tertiary/aromatic N) is 2. The maximum absolute atomic E-state index is 12.6. The Hall–Kier alpha value is -2.19. The van der Waals surface area contributed by atoms with Gasteiger partial charge in [0.15, 0.2) is 0 Å². The third kappa shape index (κ3) is 4.92. The molecule has 2 aromatic rings. The van der Waals surface area contributed by atoms with Gasteiger partial charge in [-0.05, 0) is 38.8 Å². The maximum Gasteiger partial charge on any atom is 0.241 e. The van der Waals surface area contributed by atoms with Crippen LogP contribution in [0.15, 0.2) is 27.6 Å². The van der Waals surface area contributed by atoms with Crippen LogP contribution in [0.4, 0.5) is 0 Å². The molecule has 1 aromatic heterocycles. The molecule has 0 saturated carbocycles. The van der Waals surface area contributed by atoms with Gasteiger partial charge in [0, 0.05) is 26.1 Å². The number of sulfonamides is 1. The van der Waals surface area contributed by atoms with E-state index in [-0.39, 0.29) is 23.8 Å². The molecule has 0 bridgehead atoms. The molecule has 142 valence electrons. The Labute approximate surface area is 154 Å². The minimum Gasteiger partial charge on any atom is -0.361 e. The molecular weight excluding hydrogens is 354 g/mol. The number of hydrogen-bond donors (Lipinski definition) is 1. The van der Waals surface area contributed by atoms with Gasteiger partial charge >= 0.3 is 0 Å². The van der Waals surface area contributed by atoms with E-state index in [2.05, 4.69) is 9.88 Å². The van der Waals surface area contributed by atoms with Gasteiger partial charge in [-0.1, -0.05) is 22.9 Å². The van der Waals surface area contributed by atoms with Crippen molar-refractivity contribution in [3.63, 3.8) is 0 Å². The summed E-state index contributed by atoms with van der Waals surface area (Å²) in [5.74, 6) is 0.503. The van der Waals surface area contributed by atoms with Gasteiger partial charge < -0.3 is 9.42 Å². The lowest BCUT2D eigenvalue weighted by Crippen LogP contribution is -2.32. The van der Waals surface area contributed by atoms with Crippen LogP contribution in [0.2, 0.25) is 0 Å². The first kappa shape index (κ1) is 20.1. The molecule has 1 aromatic carbocycles. The summed E-state index contributed by atoms with van der Waals surface area (Å²) in [5.41, 5.74) is 3.06. The van der Waals surface area contributed by atoms with E-state index in [1.165, 1.54) is 4.90 Å². The van der Waals surface area contributed by atoms with Crippen molar-refractivity contribution in [3.05, 3.63) is 46.3 Å². The molecule has 0 saturated heterocycles. The summed E-state index contributed by atoms with van der Waals surface area (Å²) in [7, 11) is -2.02. The topological polar surface area (TPSA) is 92.5 Å². The van der Waals surface area contributed by atoms with Crippen molar-refractivity contribution in [1.29, 1.82) is 0 Å². The molecule has 1 heterocycles. The number of hydrogen-bond acceptors (Lipinski definition) is 5. The highest BCUT2D eigenvalue weighted by molar-refractivity contribution is 7.89. The van der Waals surface area contributed by atoms with E-state index in [4.69, 9.17) is 4.52 Å². The van der Waals surface area contributed by atoms with Crippen LogP contribution in [-0.4, -0.2) is 38.0 Å². The fourth-order valence-corrected chi connectivity index (χ4v) is 4.45. The molecule has 26 heavy (non-hydrogen) atoms. The maximum atomic E-state index is 12.6. The summed E-state index contributed by atoms with van der Waals surface area (Å²) in [6.45, 7) is 7.60. The number of carbonyl (C=O) groups is 1. The Balaban J connectivity index is 1.95. The van der Waals surface area contributed by atoms with Gasteiger partial charge in [0.25, 0.3) is 0 Å². The van der Waals surface area contributed by atoms with Gasteiger partial charge in [-0.25, -0.2) is 13.1 Å². The largest absolute Gasteiger partial charge is 0.361 e. The molecule has 0 aliphatic rings. The van der Waals surface area contributed by atoms with E-state index in [1.807, 2.05) is 19.1 Å². The predicted molar refractivity (Wildman–Crippen MR) is 98.2 cm³/mol. The van der Waals surface area contributed by atoms with Gasteiger partial charge in [0.05, 0.1) is 11.4 Å². The summed E-state index contributed by atoms with van der Waals surface area (Å²) in [6, 6.07) is 5.43. The molecule has 0 atom stereocenters. The zero-order chi connectivity index (χ0) is 19.5. The summed E-state index contributed by atoms with van der Waals surface area (Å²) >= 11 is 0. The van der Waals surface area contributed by atoms with E-state index in [0.717, 1.165) is 5.56 Å². The van der Waals surface area contributed by atoms with E-state index in [0.29, 0.717) is 29.1 Å². The van der Waals surface area contributed by atoms with E-state index in [9.17, 15) is 13.2 Å². The Kier molecular flexibility index (Phi) is 6.20. The fraction of sp³-hybridized carbons (Fsp3) is 0.444. The second-order valence-electron chi connectivity index (χ2n) is 6.55. The van der Waals surface area contributed by atoms with Gasteiger partial charge in [-0.15, -0.1) is 0 Å². The van der Waals surface area contributed by atoms with Crippen LogP contribution in [0.5, 0.6) is 0 Å². The average Bonchev–Trinajstić information content (AvgIpc) is 2.90. The van der Waals surface area contributed by atoms with E-state index < -0.39 is 10.0 Å². The smallest absolute Gasteiger partial charge is 0.241 e. The lowest BCUT2D eigenvalue weighted by Gasteiger charge is -2.16. The predicted octanol–water partition coefficient (Wildman–Crippen LogP) is 2.24. The second kappa shape index (κ2) is 8.01. The van der Waals surface area contributed by atoms with Crippen LogP contribution in [-0.2, 0) is 21.4 Å². The molecule has 1 N–H and O–H groups in total. The molecule has 0 aliphatic heterocycles. The first-order valence-electron chi connectivity index (χ1n) is 8.34.